The van der Waals surface area contributed by atoms with E-state index in [0.29, 0.717) is 19.0 Å². The number of ether oxygens (including phenoxy) is 1. The van der Waals surface area contributed by atoms with Gasteiger partial charge in [-0.1, -0.05) is 15.9 Å². The van der Waals surface area contributed by atoms with E-state index in [2.05, 4.69) is 26.2 Å². The van der Waals surface area contributed by atoms with E-state index in [4.69, 9.17) is 4.74 Å². The van der Waals surface area contributed by atoms with Crippen LogP contribution in [0.25, 0.3) is 0 Å². The first-order chi connectivity index (χ1) is 7.75. The molecular weight excluding hydrogens is 272 g/mol. The minimum absolute atomic E-state index is 0.0360. The number of aromatic nitrogens is 1. The van der Waals surface area contributed by atoms with Gasteiger partial charge in [0.15, 0.2) is 0 Å². The van der Waals surface area contributed by atoms with Crippen molar-refractivity contribution in [2.75, 3.05) is 18.5 Å². The molecule has 1 saturated heterocycles. The second-order valence-electron chi connectivity index (χ2n) is 3.74. The Morgan fingerprint density at radius 2 is 2.25 bits per heavy atom. The number of nitrogens with one attached hydrogen (secondary N) is 1. The van der Waals surface area contributed by atoms with Crippen molar-refractivity contribution in [1.82, 2.24) is 4.98 Å². The highest BCUT2D eigenvalue weighted by Crippen LogP contribution is 2.18. The zero-order valence-corrected chi connectivity index (χ0v) is 10.4. The molecule has 2 heterocycles. The van der Waals surface area contributed by atoms with Crippen LogP contribution in [-0.2, 0) is 9.53 Å². The molecule has 0 aliphatic carbocycles. The highest BCUT2D eigenvalue weighted by atomic mass is 79.9. The Morgan fingerprint density at radius 1 is 1.50 bits per heavy atom. The number of carbonyl (C=O) groups is 1. The molecule has 1 aromatic rings. The van der Waals surface area contributed by atoms with Crippen molar-refractivity contribution in [2.24, 2.45) is 5.92 Å². The molecule has 0 saturated carbocycles. The van der Waals surface area contributed by atoms with Crippen molar-refractivity contribution in [3.05, 3.63) is 22.8 Å². The fourth-order valence-electron chi connectivity index (χ4n) is 1.66. The first-order valence-electron chi connectivity index (χ1n) is 5.26. The molecule has 0 aromatic carbocycles. The Bertz CT molecular complexity index is 378. The Hall–Kier alpha value is -0.940. The lowest BCUT2D eigenvalue weighted by atomic mass is 9.99. The molecule has 1 fully saturated rings. The van der Waals surface area contributed by atoms with Gasteiger partial charge in [-0.2, -0.15) is 0 Å². The van der Waals surface area contributed by atoms with E-state index in [0.717, 1.165) is 17.3 Å². The number of rotatable bonds is 2. The molecule has 0 spiro atoms. The van der Waals surface area contributed by atoms with Crippen LogP contribution in [0.3, 0.4) is 0 Å². The third-order valence-electron chi connectivity index (χ3n) is 2.57. The third kappa shape index (κ3) is 3.02. The van der Waals surface area contributed by atoms with Crippen LogP contribution in [0.2, 0.25) is 0 Å². The maximum atomic E-state index is 11.9. The first-order valence-corrected chi connectivity index (χ1v) is 6.05. The van der Waals surface area contributed by atoms with Crippen LogP contribution < -0.4 is 5.32 Å². The number of carbonyl (C=O) groups excluding carboxylic acids is 1. The molecule has 1 aromatic heterocycles. The smallest absolute Gasteiger partial charge is 0.228 e. The number of anilines is 1. The first kappa shape index (κ1) is 11.5. The summed E-state index contributed by atoms with van der Waals surface area (Å²) in [5, 5.41) is 2.82. The molecule has 1 N–H and O–H groups in total. The van der Waals surface area contributed by atoms with Gasteiger partial charge in [-0.05, 0) is 25.0 Å². The van der Waals surface area contributed by atoms with Crippen molar-refractivity contribution in [3.8, 4) is 0 Å². The van der Waals surface area contributed by atoms with Crippen LogP contribution >= 0.6 is 15.9 Å². The molecule has 4 nitrogen and oxygen atoms in total. The highest BCUT2D eigenvalue weighted by molar-refractivity contribution is 9.10. The van der Waals surface area contributed by atoms with Gasteiger partial charge in [0.1, 0.15) is 5.82 Å². The number of hydrogen-bond donors (Lipinski definition) is 1. The molecule has 0 radical (unpaired) electrons. The van der Waals surface area contributed by atoms with Crippen LogP contribution in [0, 0.1) is 5.92 Å². The number of amides is 1. The third-order valence-corrected chi connectivity index (χ3v) is 3.06. The van der Waals surface area contributed by atoms with Gasteiger partial charge in [0, 0.05) is 29.8 Å². The summed E-state index contributed by atoms with van der Waals surface area (Å²) in [6.45, 7) is 1.34. The SMILES string of the molecule is O=C(Nc1cc(Br)ccn1)C1CCOCC1. The summed E-state index contributed by atoms with van der Waals surface area (Å²) in [4.78, 5) is 15.9. The second kappa shape index (κ2) is 5.41. The Morgan fingerprint density at radius 3 is 2.94 bits per heavy atom. The molecule has 86 valence electrons. The molecule has 0 bridgehead atoms. The second-order valence-corrected chi connectivity index (χ2v) is 4.65. The van der Waals surface area contributed by atoms with Gasteiger partial charge in [0.2, 0.25) is 5.91 Å². The van der Waals surface area contributed by atoms with E-state index in [1.54, 1.807) is 12.3 Å². The highest BCUT2D eigenvalue weighted by Gasteiger charge is 2.21. The predicted octanol–water partition coefficient (Wildman–Crippen LogP) is 2.21. The summed E-state index contributed by atoms with van der Waals surface area (Å²) in [7, 11) is 0. The topological polar surface area (TPSA) is 51.2 Å². The van der Waals surface area contributed by atoms with Crippen LogP contribution in [0.1, 0.15) is 12.8 Å². The van der Waals surface area contributed by atoms with Crippen molar-refractivity contribution >= 4 is 27.7 Å². The van der Waals surface area contributed by atoms with Crippen molar-refractivity contribution in [2.45, 2.75) is 12.8 Å². The average molecular weight is 285 g/mol. The zero-order valence-electron chi connectivity index (χ0n) is 8.78. The van der Waals surface area contributed by atoms with E-state index >= 15 is 0 Å². The molecular formula is C11H13BrN2O2. The minimum Gasteiger partial charge on any atom is -0.381 e. The molecule has 5 heteroatoms. The maximum absolute atomic E-state index is 11.9. The molecule has 2 rings (SSSR count). The Balaban J connectivity index is 1.96. The fourth-order valence-corrected chi connectivity index (χ4v) is 2.00. The van der Waals surface area contributed by atoms with E-state index < -0.39 is 0 Å². The quantitative estimate of drug-likeness (QED) is 0.906. The lowest BCUT2D eigenvalue weighted by molar-refractivity contribution is -0.122. The number of hydrogen-bond acceptors (Lipinski definition) is 3. The molecule has 16 heavy (non-hydrogen) atoms. The van der Waals surface area contributed by atoms with Gasteiger partial charge in [-0.15, -0.1) is 0 Å². The zero-order chi connectivity index (χ0) is 11.4. The van der Waals surface area contributed by atoms with Crippen LogP contribution in [0.5, 0.6) is 0 Å². The Labute approximate surface area is 103 Å². The van der Waals surface area contributed by atoms with Crippen molar-refractivity contribution in [3.63, 3.8) is 0 Å². The van der Waals surface area contributed by atoms with Gasteiger partial charge >= 0.3 is 0 Å². The molecule has 1 amide bonds. The summed E-state index contributed by atoms with van der Waals surface area (Å²) in [5.74, 6) is 0.675. The van der Waals surface area contributed by atoms with Gasteiger partial charge in [-0.3, -0.25) is 4.79 Å². The van der Waals surface area contributed by atoms with Gasteiger partial charge in [-0.25, -0.2) is 4.98 Å². The standard InChI is InChI=1S/C11H13BrN2O2/c12-9-1-4-13-10(7-9)14-11(15)8-2-5-16-6-3-8/h1,4,7-8H,2-3,5-6H2,(H,13,14,15). The van der Waals surface area contributed by atoms with E-state index in [-0.39, 0.29) is 11.8 Å². The summed E-state index contributed by atoms with van der Waals surface area (Å²) in [5.41, 5.74) is 0. The summed E-state index contributed by atoms with van der Waals surface area (Å²) in [6.07, 6.45) is 3.24. The lowest BCUT2D eigenvalue weighted by Gasteiger charge is -2.20. The van der Waals surface area contributed by atoms with Crippen LogP contribution in [0.4, 0.5) is 5.82 Å². The van der Waals surface area contributed by atoms with Gasteiger partial charge < -0.3 is 10.1 Å². The molecule has 1 aliphatic rings. The summed E-state index contributed by atoms with van der Waals surface area (Å²) in [6, 6.07) is 3.61. The van der Waals surface area contributed by atoms with Gasteiger partial charge in [0.25, 0.3) is 0 Å². The summed E-state index contributed by atoms with van der Waals surface area (Å²) < 4.78 is 6.12. The van der Waals surface area contributed by atoms with Gasteiger partial charge in [0.05, 0.1) is 0 Å². The monoisotopic (exact) mass is 284 g/mol. The molecule has 0 atom stereocenters. The van der Waals surface area contributed by atoms with E-state index in [9.17, 15) is 4.79 Å². The van der Waals surface area contributed by atoms with E-state index in [1.807, 2.05) is 6.07 Å². The minimum atomic E-state index is 0.0360. The van der Waals surface area contributed by atoms with Crippen LogP contribution in [0.15, 0.2) is 22.8 Å². The largest absolute Gasteiger partial charge is 0.381 e. The van der Waals surface area contributed by atoms with Crippen molar-refractivity contribution < 1.29 is 9.53 Å². The summed E-state index contributed by atoms with van der Waals surface area (Å²) >= 11 is 3.34. The van der Waals surface area contributed by atoms with Crippen LogP contribution in [-0.4, -0.2) is 24.1 Å². The fraction of sp³-hybridized carbons (Fsp3) is 0.455. The lowest BCUT2D eigenvalue weighted by Crippen LogP contribution is -2.28. The normalized spacial score (nSPS) is 17.1. The Kier molecular flexibility index (Phi) is 3.90. The maximum Gasteiger partial charge on any atom is 0.228 e. The van der Waals surface area contributed by atoms with Crippen molar-refractivity contribution in [1.29, 1.82) is 0 Å². The molecule has 0 unspecified atom stereocenters. The number of nitrogens with zero attached hydrogens (tertiary/aromatic N) is 1. The molecule has 1 aliphatic heterocycles. The average Bonchev–Trinajstić information content (AvgIpc) is 2.30. The van der Waals surface area contributed by atoms with E-state index in [1.165, 1.54) is 0 Å². The number of pyridine rings is 1. The number of halogens is 1. The predicted molar refractivity (Wildman–Crippen MR) is 64.1 cm³/mol.